The number of pyridine rings is 1. The number of carbonyl (C=O) groups is 1. The van der Waals surface area contributed by atoms with E-state index in [1.54, 1.807) is 36.9 Å². The highest BCUT2D eigenvalue weighted by Crippen LogP contribution is 2.30. The Morgan fingerprint density at radius 3 is 2.69 bits per heavy atom. The van der Waals surface area contributed by atoms with Crippen molar-refractivity contribution in [2.45, 2.75) is 39.4 Å². The Morgan fingerprint density at radius 2 is 2.03 bits per heavy atom. The van der Waals surface area contributed by atoms with E-state index >= 15 is 0 Å². The fraction of sp³-hybridized carbons (Fsp3) is 0.385. The Kier molecular flexibility index (Phi) is 7.44. The summed E-state index contributed by atoms with van der Waals surface area (Å²) < 4.78 is 33.7. The number of fused-ring (bicyclic) bond motifs is 1. The van der Waals surface area contributed by atoms with Crippen molar-refractivity contribution in [3.05, 3.63) is 69.0 Å². The topological polar surface area (TPSA) is 100 Å². The van der Waals surface area contributed by atoms with Gasteiger partial charge >= 0.3 is 0 Å². The number of hydrogen-bond donors (Lipinski definition) is 2. The van der Waals surface area contributed by atoms with Crippen molar-refractivity contribution in [3.63, 3.8) is 0 Å². The van der Waals surface area contributed by atoms with Gasteiger partial charge in [0.15, 0.2) is 0 Å². The van der Waals surface area contributed by atoms with Crippen LogP contribution in [0, 0.1) is 12.7 Å². The average Bonchev–Trinajstić information content (AvgIpc) is 2.83. The van der Waals surface area contributed by atoms with Gasteiger partial charge in [-0.15, -0.1) is 0 Å². The molecule has 2 aromatic heterocycles. The highest BCUT2D eigenvalue weighted by atomic mass is 19.1. The van der Waals surface area contributed by atoms with Crippen LogP contribution >= 0.6 is 0 Å². The monoisotopic (exact) mass is 497 g/mol. The van der Waals surface area contributed by atoms with Gasteiger partial charge in [0.05, 0.1) is 11.4 Å². The molecular weight excluding hydrogens is 468 g/mol. The van der Waals surface area contributed by atoms with Gasteiger partial charge in [-0.25, -0.2) is 18.7 Å². The first-order valence-electron chi connectivity index (χ1n) is 11.8. The molecular formula is C26H29F2N5O3. The first-order chi connectivity index (χ1) is 17.2. The van der Waals surface area contributed by atoms with Gasteiger partial charge in [0.2, 0.25) is 5.91 Å². The van der Waals surface area contributed by atoms with Crippen LogP contribution in [-0.4, -0.2) is 52.6 Å². The molecule has 0 spiro atoms. The average molecular weight is 498 g/mol. The normalized spacial score (nSPS) is 15.5. The maximum absolute atomic E-state index is 15.0. The molecule has 1 amide bonds. The smallest absolute Gasteiger partial charge is 0.257 e. The molecule has 1 unspecified atom stereocenters. The van der Waals surface area contributed by atoms with Crippen LogP contribution in [0.4, 0.5) is 14.6 Å². The Labute approximate surface area is 207 Å². The highest BCUT2D eigenvalue weighted by molar-refractivity contribution is 5.89. The van der Waals surface area contributed by atoms with Gasteiger partial charge in [0.1, 0.15) is 35.9 Å². The van der Waals surface area contributed by atoms with E-state index in [1.807, 2.05) is 6.08 Å². The number of halogens is 2. The molecule has 3 heterocycles. The van der Waals surface area contributed by atoms with Crippen molar-refractivity contribution in [1.29, 1.82) is 0 Å². The zero-order valence-electron chi connectivity index (χ0n) is 20.7. The Morgan fingerprint density at radius 1 is 1.28 bits per heavy atom. The standard InChI is InChI=1S/C26H29F2N5O3/c1-14(27)18-6-5-7-19(23(18)28)15(2)29-24-21-12-20(26(35)32-25(21)31-16(3)30-24)17-8-10-33(11-9-17)22(34)13-36-4/h5-8,12,14-15H,9-11,13H2,1-4H3,(H2,29,30,31,32,35)/t14?,15-/m1/s1. The van der Waals surface area contributed by atoms with Gasteiger partial charge in [-0.05, 0) is 38.8 Å². The van der Waals surface area contributed by atoms with E-state index in [0.29, 0.717) is 53.3 Å². The van der Waals surface area contributed by atoms with Crippen molar-refractivity contribution in [1.82, 2.24) is 19.9 Å². The van der Waals surface area contributed by atoms with E-state index in [1.165, 1.54) is 20.1 Å². The minimum atomic E-state index is -1.43. The number of ether oxygens (including phenoxy) is 1. The summed E-state index contributed by atoms with van der Waals surface area (Å²) in [6, 6.07) is 5.84. The SMILES string of the molecule is COCC(=O)N1CC=C(c2cc3c(N[C@H](C)c4cccc(C(C)F)c4F)nc(C)nc3[nH]c2=O)CC1. The molecule has 0 fully saturated rings. The lowest BCUT2D eigenvalue weighted by atomic mass is 9.99. The number of benzene rings is 1. The summed E-state index contributed by atoms with van der Waals surface area (Å²) in [4.78, 5) is 38.3. The van der Waals surface area contributed by atoms with E-state index < -0.39 is 18.0 Å². The fourth-order valence-corrected chi connectivity index (χ4v) is 4.39. The van der Waals surface area contributed by atoms with Crippen LogP contribution < -0.4 is 10.9 Å². The molecule has 0 saturated heterocycles. The Hall–Kier alpha value is -3.66. The zero-order valence-corrected chi connectivity index (χ0v) is 20.7. The minimum Gasteiger partial charge on any atom is -0.375 e. The predicted octanol–water partition coefficient (Wildman–Crippen LogP) is 4.23. The van der Waals surface area contributed by atoms with Crippen molar-refractivity contribution in [2.24, 2.45) is 0 Å². The number of anilines is 1. The maximum Gasteiger partial charge on any atom is 0.257 e. The molecule has 190 valence electrons. The van der Waals surface area contributed by atoms with E-state index in [-0.39, 0.29) is 23.6 Å². The molecule has 1 aliphatic heterocycles. The summed E-state index contributed by atoms with van der Waals surface area (Å²) in [5, 5.41) is 3.78. The second kappa shape index (κ2) is 10.5. The van der Waals surface area contributed by atoms with Crippen LogP contribution in [0.2, 0.25) is 0 Å². The molecule has 10 heteroatoms. The number of methoxy groups -OCH3 is 1. The molecule has 8 nitrogen and oxygen atoms in total. The number of rotatable bonds is 7. The molecule has 0 bridgehead atoms. The number of aromatic nitrogens is 3. The van der Waals surface area contributed by atoms with E-state index in [4.69, 9.17) is 4.74 Å². The second-order valence-corrected chi connectivity index (χ2v) is 8.88. The summed E-state index contributed by atoms with van der Waals surface area (Å²) in [5.41, 5.74) is 1.64. The third kappa shape index (κ3) is 5.13. The van der Waals surface area contributed by atoms with Crippen molar-refractivity contribution in [2.75, 3.05) is 32.1 Å². The summed E-state index contributed by atoms with van der Waals surface area (Å²) in [5.74, 6) is 0.143. The number of H-pyrrole nitrogens is 1. The lowest BCUT2D eigenvalue weighted by Gasteiger charge is -2.26. The quantitative estimate of drug-likeness (QED) is 0.507. The van der Waals surface area contributed by atoms with E-state index in [0.717, 1.165) is 5.57 Å². The number of amides is 1. The van der Waals surface area contributed by atoms with Crippen LogP contribution in [-0.2, 0) is 9.53 Å². The molecule has 1 aromatic carbocycles. The summed E-state index contributed by atoms with van der Waals surface area (Å²) in [6.45, 7) is 5.62. The maximum atomic E-state index is 15.0. The number of hydrogen-bond acceptors (Lipinski definition) is 6. The van der Waals surface area contributed by atoms with Gasteiger partial charge in [-0.3, -0.25) is 9.59 Å². The fourth-order valence-electron chi connectivity index (χ4n) is 4.39. The molecule has 1 aliphatic rings. The summed E-state index contributed by atoms with van der Waals surface area (Å²) in [6.07, 6.45) is 0.934. The molecule has 2 atom stereocenters. The number of aryl methyl sites for hydroxylation is 1. The number of nitrogens with zero attached hydrogens (tertiary/aromatic N) is 3. The lowest BCUT2D eigenvalue weighted by molar-refractivity contribution is -0.134. The lowest BCUT2D eigenvalue weighted by Crippen LogP contribution is -2.37. The third-order valence-electron chi connectivity index (χ3n) is 6.31. The predicted molar refractivity (Wildman–Crippen MR) is 134 cm³/mol. The number of nitrogens with one attached hydrogen (secondary N) is 2. The second-order valence-electron chi connectivity index (χ2n) is 8.88. The molecule has 0 saturated carbocycles. The van der Waals surface area contributed by atoms with Crippen LogP contribution in [0.5, 0.6) is 0 Å². The van der Waals surface area contributed by atoms with Gasteiger partial charge in [0, 0.05) is 36.9 Å². The first-order valence-corrected chi connectivity index (χ1v) is 11.8. The first kappa shape index (κ1) is 25.4. The summed E-state index contributed by atoms with van der Waals surface area (Å²) >= 11 is 0. The largest absolute Gasteiger partial charge is 0.375 e. The van der Waals surface area contributed by atoms with E-state index in [2.05, 4.69) is 20.3 Å². The van der Waals surface area contributed by atoms with Crippen LogP contribution in [0.1, 0.15) is 55.0 Å². The number of alkyl halides is 1. The van der Waals surface area contributed by atoms with Gasteiger partial charge in [-0.2, -0.15) is 0 Å². The third-order valence-corrected chi connectivity index (χ3v) is 6.31. The van der Waals surface area contributed by atoms with Crippen LogP contribution in [0.3, 0.4) is 0 Å². The molecule has 0 radical (unpaired) electrons. The Balaban J connectivity index is 1.69. The number of aromatic amines is 1. The zero-order chi connectivity index (χ0) is 26.0. The highest BCUT2D eigenvalue weighted by Gasteiger charge is 2.22. The number of carbonyl (C=O) groups excluding carboxylic acids is 1. The van der Waals surface area contributed by atoms with Gasteiger partial charge in [-0.1, -0.05) is 24.3 Å². The molecule has 3 aromatic rings. The minimum absolute atomic E-state index is 0.00115. The summed E-state index contributed by atoms with van der Waals surface area (Å²) in [7, 11) is 1.47. The molecule has 0 aliphatic carbocycles. The van der Waals surface area contributed by atoms with Crippen molar-refractivity contribution < 1.29 is 18.3 Å². The molecule has 4 rings (SSSR count). The van der Waals surface area contributed by atoms with E-state index in [9.17, 15) is 18.4 Å². The van der Waals surface area contributed by atoms with Crippen LogP contribution in [0.25, 0.3) is 16.6 Å². The van der Waals surface area contributed by atoms with Crippen LogP contribution in [0.15, 0.2) is 35.1 Å². The molecule has 36 heavy (non-hydrogen) atoms. The van der Waals surface area contributed by atoms with Gasteiger partial charge < -0.3 is 19.9 Å². The van der Waals surface area contributed by atoms with Gasteiger partial charge in [0.25, 0.3) is 5.56 Å². The van der Waals surface area contributed by atoms with Crippen molar-refractivity contribution in [3.8, 4) is 0 Å². The van der Waals surface area contributed by atoms with Crippen molar-refractivity contribution >= 4 is 28.3 Å². The Bertz CT molecular complexity index is 1390. The molecule has 2 N–H and O–H groups in total.